The minimum absolute atomic E-state index is 0.709. The molecule has 0 saturated heterocycles. The number of anilines is 1. The minimum Gasteiger partial charge on any atom is -0.396 e. The third-order valence-electron chi connectivity index (χ3n) is 2.67. The van der Waals surface area contributed by atoms with Crippen LogP contribution in [0.2, 0.25) is 0 Å². The van der Waals surface area contributed by atoms with Crippen LogP contribution in [0.5, 0.6) is 0 Å². The molecule has 15 heavy (non-hydrogen) atoms. The molecule has 0 aromatic carbocycles. The Morgan fingerprint density at radius 3 is 2.60 bits per heavy atom. The number of nitrogen functional groups attached to an aromatic ring is 1. The van der Waals surface area contributed by atoms with Gasteiger partial charge < -0.3 is 10.3 Å². The molecule has 5 heteroatoms. The Morgan fingerprint density at radius 2 is 2.13 bits per heavy atom. The zero-order chi connectivity index (χ0) is 11.0. The van der Waals surface area contributed by atoms with Crippen molar-refractivity contribution in [3.63, 3.8) is 0 Å². The Balaban J connectivity index is 2.33. The van der Waals surface area contributed by atoms with E-state index < -0.39 is 0 Å². The first kappa shape index (κ1) is 9.76. The van der Waals surface area contributed by atoms with Crippen LogP contribution in [0.15, 0.2) is 12.5 Å². The number of hydrogen-bond acceptors (Lipinski definition) is 3. The molecule has 0 spiro atoms. The lowest BCUT2D eigenvalue weighted by atomic mass is 10.3. The second-order valence-corrected chi connectivity index (χ2v) is 3.74. The Bertz CT molecular complexity index is 480. The average molecular weight is 205 g/mol. The highest BCUT2D eigenvalue weighted by Gasteiger charge is 2.09. The van der Waals surface area contributed by atoms with Gasteiger partial charge >= 0.3 is 0 Å². The third-order valence-corrected chi connectivity index (χ3v) is 2.67. The van der Waals surface area contributed by atoms with Crippen molar-refractivity contribution in [2.75, 3.05) is 5.73 Å². The topological polar surface area (TPSA) is 61.7 Å². The van der Waals surface area contributed by atoms with Gasteiger partial charge in [-0.05, 0) is 13.8 Å². The maximum atomic E-state index is 5.86. The van der Waals surface area contributed by atoms with E-state index in [4.69, 9.17) is 5.73 Å². The number of hydrogen-bond donors (Lipinski definition) is 1. The Labute approximate surface area is 88.5 Å². The Morgan fingerprint density at radius 1 is 1.40 bits per heavy atom. The van der Waals surface area contributed by atoms with Crippen LogP contribution >= 0.6 is 0 Å². The zero-order valence-electron chi connectivity index (χ0n) is 9.23. The lowest BCUT2D eigenvalue weighted by molar-refractivity contribution is 0.627. The molecular formula is C10H15N5. The van der Waals surface area contributed by atoms with Gasteiger partial charge in [-0.15, -0.1) is 0 Å². The average Bonchev–Trinajstić information content (AvgIpc) is 2.69. The van der Waals surface area contributed by atoms with E-state index in [1.54, 1.807) is 6.33 Å². The summed E-state index contributed by atoms with van der Waals surface area (Å²) in [7, 11) is 1.97. The molecule has 2 heterocycles. The van der Waals surface area contributed by atoms with Crippen molar-refractivity contribution in [3.05, 3.63) is 29.6 Å². The van der Waals surface area contributed by atoms with Crippen molar-refractivity contribution < 1.29 is 0 Å². The minimum atomic E-state index is 0.709. The molecule has 0 aliphatic rings. The van der Waals surface area contributed by atoms with Crippen LogP contribution in [0.4, 0.5) is 5.69 Å². The fourth-order valence-corrected chi connectivity index (χ4v) is 1.56. The van der Waals surface area contributed by atoms with E-state index in [0.29, 0.717) is 6.54 Å². The summed E-state index contributed by atoms with van der Waals surface area (Å²) in [5, 5.41) is 4.38. The fourth-order valence-electron chi connectivity index (χ4n) is 1.56. The molecule has 2 rings (SSSR count). The molecule has 2 aromatic rings. The summed E-state index contributed by atoms with van der Waals surface area (Å²) in [6.45, 7) is 4.61. The van der Waals surface area contributed by atoms with Crippen LogP contribution < -0.4 is 5.73 Å². The van der Waals surface area contributed by atoms with E-state index in [1.807, 2.05) is 36.3 Å². The van der Waals surface area contributed by atoms with E-state index in [9.17, 15) is 0 Å². The molecular weight excluding hydrogens is 190 g/mol. The van der Waals surface area contributed by atoms with Crippen molar-refractivity contribution in [2.45, 2.75) is 20.4 Å². The molecule has 0 saturated carbocycles. The lowest BCUT2D eigenvalue weighted by Gasteiger charge is -2.04. The summed E-state index contributed by atoms with van der Waals surface area (Å²) < 4.78 is 3.88. The molecule has 0 aliphatic heterocycles. The van der Waals surface area contributed by atoms with Gasteiger partial charge in [0.1, 0.15) is 0 Å². The zero-order valence-corrected chi connectivity index (χ0v) is 9.23. The predicted molar refractivity (Wildman–Crippen MR) is 58.4 cm³/mol. The quantitative estimate of drug-likeness (QED) is 0.791. The number of imidazole rings is 1. The predicted octanol–water partition coefficient (Wildman–Crippen LogP) is 0.864. The van der Waals surface area contributed by atoms with Gasteiger partial charge in [-0.1, -0.05) is 0 Å². The molecule has 5 nitrogen and oxygen atoms in total. The monoisotopic (exact) mass is 205 g/mol. The summed E-state index contributed by atoms with van der Waals surface area (Å²) in [6, 6.07) is 0. The first-order valence-corrected chi connectivity index (χ1v) is 4.84. The third kappa shape index (κ3) is 1.60. The van der Waals surface area contributed by atoms with Gasteiger partial charge in [0.2, 0.25) is 0 Å². The van der Waals surface area contributed by atoms with Crippen molar-refractivity contribution in [1.29, 1.82) is 0 Å². The number of aromatic nitrogens is 4. The lowest BCUT2D eigenvalue weighted by Crippen LogP contribution is -2.07. The largest absolute Gasteiger partial charge is 0.396 e. The van der Waals surface area contributed by atoms with E-state index in [-0.39, 0.29) is 0 Å². The summed E-state index contributed by atoms with van der Waals surface area (Å²) in [4.78, 5) is 4.07. The molecule has 2 N–H and O–H groups in total. The Kier molecular flexibility index (Phi) is 2.22. The van der Waals surface area contributed by atoms with Crippen LogP contribution in [0.25, 0.3) is 0 Å². The molecule has 0 radical (unpaired) electrons. The van der Waals surface area contributed by atoms with Crippen molar-refractivity contribution in [1.82, 2.24) is 19.3 Å². The molecule has 0 fully saturated rings. The summed E-state index contributed by atoms with van der Waals surface area (Å²) in [6.07, 6.45) is 3.62. The molecule has 0 amide bonds. The van der Waals surface area contributed by atoms with E-state index >= 15 is 0 Å². The van der Waals surface area contributed by atoms with Crippen LogP contribution in [-0.2, 0) is 13.6 Å². The van der Waals surface area contributed by atoms with Gasteiger partial charge in [0, 0.05) is 7.05 Å². The van der Waals surface area contributed by atoms with Crippen LogP contribution in [0, 0.1) is 13.8 Å². The number of rotatable bonds is 2. The fraction of sp³-hybridized carbons (Fsp3) is 0.400. The number of nitrogens with two attached hydrogens (primary N) is 1. The SMILES string of the molecule is Cc1nn(Cc2cncn2C)c(C)c1N. The van der Waals surface area contributed by atoms with Crippen molar-refractivity contribution >= 4 is 5.69 Å². The highest BCUT2D eigenvalue weighted by atomic mass is 15.3. The van der Waals surface area contributed by atoms with Crippen LogP contribution in [0.1, 0.15) is 17.1 Å². The molecule has 80 valence electrons. The first-order chi connectivity index (χ1) is 7.09. The van der Waals surface area contributed by atoms with Crippen molar-refractivity contribution in [3.8, 4) is 0 Å². The van der Waals surface area contributed by atoms with E-state index in [0.717, 1.165) is 22.8 Å². The molecule has 0 unspecified atom stereocenters. The molecule has 0 aliphatic carbocycles. The number of nitrogens with zero attached hydrogens (tertiary/aromatic N) is 4. The van der Waals surface area contributed by atoms with Crippen LogP contribution in [0.3, 0.4) is 0 Å². The standard InChI is InChI=1S/C10H15N5/c1-7-10(11)8(2)15(13-7)5-9-4-12-6-14(9)3/h4,6H,5,11H2,1-3H3. The van der Waals surface area contributed by atoms with Gasteiger partial charge in [0.25, 0.3) is 0 Å². The summed E-state index contributed by atoms with van der Waals surface area (Å²) in [5.41, 5.74) is 9.64. The van der Waals surface area contributed by atoms with Gasteiger partial charge in [0.15, 0.2) is 0 Å². The second kappa shape index (κ2) is 3.42. The summed E-state index contributed by atoms with van der Waals surface area (Å²) in [5.74, 6) is 0. The smallest absolute Gasteiger partial charge is 0.0946 e. The van der Waals surface area contributed by atoms with E-state index in [2.05, 4.69) is 10.1 Å². The molecule has 0 bridgehead atoms. The normalized spacial score (nSPS) is 10.9. The van der Waals surface area contributed by atoms with Gasteiger partial charge in [-0.3, -0.25) is 4.68 Å². The van der Waals surface area contributed by atoms with Crippen molar-refractivity contribution in [2.24, 2.45) is 7.05 Å². The summed E-state index contributed by atoms with van der Waals surface area (Å²) >= 11 is 0. The number of aryl methyl sites for hydroxylation is 2. The maximum Gasteiger partial charge on any atom is 0.0946 e. The second-order valence-electron chi connectivity index (χ2n) is 3.74. The maximum absolute atomic E-state index is 5.86. The van der Waals surface area contributed by atoms with Gasteiger partial charge in [-0.25, -0.2) is 4.98 Å². The van der Waals surface area contributed by atoms with Gasteiger partial charge in [0.05, 0.1) is 41.8 Å². The highest BCUT2D eigenvalue weighted by Crippen LogP contribution is 2.15. The molecule has 2 aromatic heterocycles. The Hall–Kier alpha value is -1.78. The highest BCUT2D eigenvalue weighted by molar-refractivity contribution is 5.46. The van der Waals surface area contributed by atoms with Gasteiger partial charge in [-0.2, -0.15) is 5.10 Å². The van der Waals surface area contributed by atoms with E-state index in [1.165, 1.54) is 0 Å². The molecule has 0 atom stereocenters. The van der Waals surface area contributed by atoms with Crippen LogP contribution in [-0.4, -0.2) is 19.3 Å². The first-order valence-electron chi connectivity index (χ1n) is 4.84.